The number of halogens is 4. The molecule has 0 radical (unpaired) electrons. The molecule has 1 atom stereocenters. The highest BCUT2D eigenvalue weighted by molar-refractivity contribution is 9.10. The minimum absolute atomic E-state index is 0.153. The Bertz CT molecular complexity index is 683. The SMILES string of the molecule is Cc1c(Br)c(C(F)(F)F)nn1C(C)C(=O)Nc1ccccc1. The monoisotopic (exact) mass is 375 g/mol. The lowest BCUT2D eigenvalue weighted by molar-refractivity contribution is -0.142. The third-order valence-electron chi connectivity index (χ3n) is 3.13. The molecule has 2 rings (SSSR count). The lowest BCUT2D eigenvalue weighted by Gasteiger charge is -2.14. The molecule has 0 spiro atoms. The number of nitrogens with zero attached hydrogens (tertiary/aromatic N) is 2. The fourth-order valence-electron chi connectivity index (χ4n) is 1.94. The van der Waals surface area contributed by atoms with Crippen molar-refractivity contribution in [2.45, 2.75) is 26.1 Å². The van der Waals surface area contributed by atoms with Crippen molar-refractivity contribution < 1.29 is 18.0 Å². The van der Waals surface area contributed by atoms with Gasteiger partial charge in [0.05, 0.1) is 10.2 Å². The van der Waals surface area contributed by atoms with Crippen molar-refractivity contribution in [1.82, 2.24) is 9.78 Å². The van der Waals surface area contributed by atoms with Crippen LogP contribution in [0.1, 0.15) is 24.4 Å². The van der Waals surface area contributed by atoms with Crippen LogP contribution in [0.15, 0.2) is 34.8 Å². The molecule has 1 amide bonds. The molecule has 1 unspecified atom stereocenters. The minimum Gasteiger partial charge on any atom is -0.324 e. The molecule has 118 valence electrons. The maximum absolute atomic E-state index is 12.8. The number of hydrogen-bond acceptors (Lipinski definition) is 2. The molecule has 22 heavy (non-hydrogen) atoms. The highest BCUT2D eigenvalue weighted by Crippen LogP contribution is 2.36. The van der Waals surface area contributed by atoms with Crippen molar-refractivity contribution in [1.29, 1.82) is 0 Å². The second-order valence-electron chi connectivity index (χ2n) is 4.72. The molecule has 0 aliphatic heterocycles. The van der Waals surface area contributed by atoms with E-state index in [1.807, 2.05) is 0 Å². The van der Waals surface area contributed by atoms with E-state index in [0.717, 1.165) is 4.68 Å². The van der Waals surface area contributed by atoms with Gasteiger partial charge in [0, 0.05) is 5.69 Å². The summed E-state index contributed by atoms with van der Waals surface area (Å²) in [5.74, 6) is -0.446. The van der Waals surface area contributed by atoms with Crippen LogP contribution in [0.5, 0.6) is 0 Å². The number of rotatable bonds is 3. The Balaban J connectivity index is 2.26. The minimum atomic E-state index is -4.58. The molecular weight excluding hydrogens is 363 g/mol. The van der Waals surface area contributed by atoms with Crippen molar-refractivity contribution >= 4 is 27.5 Å². The Morgan fingerprint density at radius 2 is 1.91 bits per heavy atom. The first kappa shape index (κ1) is 16.5. The van der Waals surface area contributed by atoms with Crippen LogP contribution >= 0.6 is 15.9 Å². The number of nitrogens with one attached hydrogen (secondary N) is 1. The van der Waals surface area contributed by atoms with E-state index in [-0.39, 0.29) is 10.2 Å². The first-order valence-electron chi connectivity index (χ1n) is 6.39. The summed E-state index contributed by atoms with van der Waals surface area (Å²) in [5.41, 5.74) is -0.230. The number of anilines is 1. The lowest BCUT2D eigenvalue weighted by Crippen LogP contribution is -2.25. The second-order valence-corrected chi connectivity index (χ2v) is 5.51. The third-order valence-corrected chi connectivity index (χ3v) is 4.08. The predicted octanol–water partition coefficient (Wildman–Crippen LogP) is 4.17. The third kappa shape index (κ3) is 3.32. The van der Waals surface area contributed by atoms with Crippen LogP contribution in [0, 0.1) is 6.92 Å². The van der Waals surface area contributed by atoms with Crippen LogP contribution in [0.2, 0.25) is 0 Å². The van der Waals surface area contributed by atoms with E-state index in [1.54, 1.807) is 30.3 Å². The number of para-hydroxylation sites is 1. The first-order valence-corrected chi connectivity index (χ1v) is 7.19. The molecule has 2 aromatic rings. The smallest absolute Gasteiger partial charge is 0.324 e. The maximum atomic E-state index is 12.8. The number of hydrogen-bond donors (Lipinski definition) is 1. The van der Waals surface area contributed by atoms with E-state index in [2.05, 4.69) is 26.3 Å². The van der Waals surface area contributed by atoms with Crippen LogP contribution in [0.25, 0.3) is 0 Å². The van der Waals surface area contributed by atoms with Crippen LogP contribution in [-0.2, 0) is 11.0 Å². The molecule has 1 N–H and O–H groups in total. The van der Waals surface area contributed by atoms with Gasteiger partial charge in [0.15, 0.2) is 5.69 Å². The molecule has 0 aliphatic carbocycles. The van der Waals surface area contributed by atoms with E-state index in [4.69, 9.17) is 0 Å². The standard InChI is InChI=1S/C14H13BrF3N3O/c1-8-11(15)12(14(16,17)18)20-21(8)9(2)13(22)19-10-6-4-3-5-7-10/h3-7,9H,1-2H3,(H,19,22). The Hall–Kier alpha value is -1.83. The van der Waals surface area contributed by atoms with E-state index in [0.29, 0.717) is 5.69 Å². The average molecular weight is 376 g/mol. The van der Waals surface area contributed by atoms with E-state index in [1.165, 1.54) is 13.8 Å². The van der Waals surface area contributed by atoms with Crippen molar-refractivity contribution in [3.05, 3.63) is 46.2 Å². The summed E-state index contributed by atoms with van der Waals surface area (Å²) in [4.78, 5) is 12.2. The highest BCUT2D eigenvalue weighted by Gasteiger charge is 2.38. The van der Waals surface area contributed by atoms with Crippen molar-refractivity contribution in [2.75, 3.05) is 5.32 Å². The van der Waals surface area contributed by atoms with Gasteiger partial charge in [-0.25, -0.2) is 0 Å². The maximum Gasteiger partial charge on any atom is 0.436 e. The van der Waals surface area contributed by atoms with Crippen molar-refractivity contribution in [2.24, 2.45) is 0 Å². The lowest BCUT2D eigenvalue weighted by atomic mass is 10.2. The Kier molecular flexibility index (Phi) is 4.60. The summed E-state index contributed by atoms with van der Waals surface area (Å²) in [6.07, 6.45) is -4.58. The van der Waals surface area contributed by atoms with Gasteiger partial charge in [-0.2, -0.15) is 18.3 Å². The van der Waals surface area contributed by atoms with Gasteiger partial charge < -0.3 is 5.32 Å². The van der Waals surface area contributed by atoms with Crippen LogP contribution < -0.4 is 5.32 Å². The number of carbonyl (C=O) groups is 1. The van der Waals surface area contributed by atoms with E-state index < -0.39 is 23.8 Å². The molecule has 0 aliphatic rings. The van der Waals surface area contributed by atoms with Gasteiger partial charge in [0.25, 0.3) is 0 Å². The van der Waals surface area contributed by atoms with E-state index in [9.17, 15) is 18.0 Å². The van der Waals surface area contributed by atoms with Crippen molar-refractivity contribution in [3.8, 4) is 0 Å². The summed E-state index contributed by atoms with van der Waals surface area (Å²) < 4.78 is 39.4. The fourth-order valence-corrected chi connectivity index (χ4v) is 2.42. The van der Waals surface area contributed by atoms with Gasteiger partial charge in [-0.3, -0.25) is 9.48 Å². The van der Waals surface area contributed by atoms with Gasteiger partial charge in [-0.15, -0.1) is 0 Å². The van der Waals surface area contributed by atoms with Crippen LogP contribution in [-0.4, -0.2) is 15.7 Å². The summed E-state index contributed by atoms with van der Waals surface area (Å²) >= 11 is 2.89. The van der Waals surface area contributed by atoms with E-state index >= 15 is 0 Å². The Morgan fingerprint density at radius 3 is 2.41 bits per heavy atom. The molecule has 4 nitrogen and oxygen atoms in total. The van der Waals surface area contributed by atoms with Gasteiger partial charge in [0.1, 0.15) is 6.04 Å². The van der Waals surface area contributed by atoms with Crippen LogP contribution in [0.3, 0.4) is 0 Å². The number of benzene rings is 1. The van der Waals surface area contributed by atoms with Gasteiger partial charge in [-0.05, 0) is 41.9 Å². The van der Waals surface area contributed by atoms with Crippen LogP contribution in [0.4, 0.5) is 18.9 Å². The molecule has 0 bridgehead atoms. The topological polar surface area (TPSA) is 46.9 Å². The zero-order chi connectivity index (χ0) is 16.5. The number of amides is 1. The first-order chi connectivity index (χ1) is 10.2. The number of aromatic nitrogens is 2. The largest absolute Gasteiger partial charge is 0.436 e. The van der Waals surface area contributed by atoms with Gasteiger partial charge in [0.2, 0.25) is 5.91 Å². The fraction of sp³-hybridized carbons (Fsp3) is 0.286. The molecular formula is C14H13BrF3N3O. The highest BCUT2D eigenvalue weighted by atomic mass is 79.9. The van der Waals surface area contributed by atoms with Gasteiger partial charge >= 0.3 is 6.18 Å². The quantitative estimate of drug-likeness (QED) is 0.874. The molecule has 1 heterocycles. The summed E-state index contributed by atoms with van der Waals surface area (Å²) in [7, 11) is 0. The Morgan fingerprint density at radius 1 is 1.32 bits per heavy atom. The summed E-state index contributed by atoms with van der Waals surface area (Å²) in [6.45, 7) is 2.96. The second kappa shape index (κ2) is 6.12. The molecule has 0 saturated heterocycles. The van der Waals surface area contributed by atoms with Gasteiger partial charge in [-0.1, -0.05) is 18.2 Å². The summed E-state index contributed by atoms with van der Waals surface area (Å²) in [5, 5.41) is 6.17. The average Bonchev–Trinajstić information content (AvgIpc) is 2.75. The molecule has 1 aromatic heterocycles. The number of carbonyl (C=O) groups excluding carboxylic acids is 1. The summed E-state index contributed by atoms with van der Waals surface area (Å²) in [6, 6.07) is 7.79. The molecule has 1 aromatic carbocycles. The number of alkyl halides is 3. The molecule has 0 saturated carbocycles. The molecule has 0 fully saturated rings. The molecule has 8 heteroatoms. The predicted molar refractivity (Wildman–Crippen MR) is 79.4 cm³/mol. The Labute approximate surface area is 133 Å². The zero-order valence-electron chi connectivity index (χ0n) is 11.8. The van der Waals surface area contributed by atoms with Crippen molar-refractivity contribution in [3.63, 3.8) is 0 Å². The normalized spacial score (nSPS) is 13.0. The zero-order valence-corrected chi connectivity index (χ0v) is 13.4.